The summed E-state index contributed by atoms with van der Waals surface area (Å²) in [6.45, 7) is 18.0. The molecule has 538 valence electrons. The topological polar surface area (TPSA) is 457 Å². The van der Waals surface area contributed by atoms with Gasteiger partial charge in [-0.2, -0.15) is 35.7 Å². The van der Waals surface area contributed by atoms with Gasteiger partial charge >= 0.3 is 0 Å². The molecule has 0 bridgehead atoms. The zero-order valence-corrected chi connectivity index (χ0v) is 59.9. The second-order valence-corrected chi connectivity index (χ2v) is 27.0. The highest BCUT2D eigenvalue weighted by atomic mass is 79.9. The lowest BCUT2D eigenvalue weighted by Crippen LogP contribution is -2.23. The first kappa shape index (κ1) is 70.4. The Bertz CT molecular complexity index is 5520. The summed E-state index contributed by atoms with van der Waals surface area (Å²) in [5.74, 6) is 6.35. The molecule has 0 saturated heterocycles. The summed E-state index contributed by atoms with van der Waals surface area (Å²) in [6, 6.07) is 11.1. The predicted molar refractivity (Wildman–Crippen MR) is 364 cm³/mol. The monoisotopic (exact) mass is 1480 g/mol. The van der Waals surface area contributed by atoms with Crippen LogP contribution in [0.1, 0.15) is 111 Å². The Morgan fingerprint density at radius 1 is 0.510 bits per heavy atom. The smallest absolute Gasteiger partial charge is 0.238 e. The van der Waals surface area contributed by atoms with Crippen LogP contribution in [0.4, 0.5) is 0 Å². The average molecular weight is 1490 g/mol. The van der Waals surface area contributed by atoms with Gasteiger partial charge in [0.2, 0.25) is 35.1 Å². The van der Waals surface area contributed by atoms with E-state index in [1.165, 1.54) is 23.5 Å². The number of hydrogen-bond acceptors (Lipinski definition) is 31. The van der Waals surface area contributed by atoms with E-state index < -0.39 is 10.8 Å². The van der Waals surface area contributed by atoms with Gasteiger partial charge in [-0.1, -0.05) is 79.9 Å². The number of benzene rings is 1. The molecule has 15 aromatic rings. The molecule has 40 heteroatoms. The zero-order valence-electron chi connectivity index (χ0n) is 58.3. The van der Waals surface area contributed by atoms with E-state index in [4.69, 9.17) is 27.8 Å². The summed E-state index contributed by atoms with van der Waals surface area (Å²) in [7, 11) is 5.35. The van der Waals surface area contributed by atoms with Crippen molar-refractivity contribution in [3.8, 4) is 69.3 Å². The number of aromatic nitrogens is 29. The van der Waals surface area contributed by atoms with Gasteiger partial charge < -0.3 is 52.8 Å². The van der Waals surface area contributed by atoms with Crippen LogP contribution in [0.2, 0.25) is 0 Å². The van der Waals surface area contributed by atoms with Crippen LogP contribution in [0.15, 0.2) is 105 Å². The van der Waals surface area contributed by atoms with Gasteiger partial charge in [-0.05, 0) is 37.5 Å². The molecule has 16 rings (SSSR count). The van der Waals surface area contributed by atoms with Crippen molar-refractivity contribution < 1.29 is 48.2 Å². The Balaban J connectivity index is 0.000000124. The highest BCUT2D eigenvalue weighted by Gasteiger charge is 2.35. The van der Waals surface area contributed by atoms with Gasteiger partial charge in [-0.15, -0.1) is 30.6 Å². The molecule has 15 heterocycles. The lowest BCUT2D eigenvalue weighted by atomic mass is 9.86. The van der Waals surface area contributed by atoms with Crippen molar-refractivity contribution in [2.45, 2.75) is 118 Å². The Hall–Kier alpha value is -12.0. The molecule has 39 nitrogen and oxygen atoms in total. The number of fused-ring (bicyclic) bond motifs is 8. The zero-order chi connectivity index (χ0) is 73.4. The third kappa shape index (κ3) is 14.0. The van der Waals surface area contributed by atoms with Gasteiger partial charge in [0.05, 0.1) is 89.4 Å². The maximum atomic E-state index is 9.96. The number of hydrogen-bond donors (Lipinski definition) is 4. The largest absolute Gasteiger partial charge is 0.468 e. The summed E-state index contributed by atoms with van der Waals surface area (Å²) < 4.78 is 47.9. The van der Waals surface area contributed by atoms with Crippen molar-refractivity contribution in [1.29, 1.82) is 0 Å². The molecule has 0 unspecified atom stereocenters. The van der Waals surface area contributed by atoms with Crippen LogP contribution >= 0.6 is 15.9 Å². The van der Waals surface area contributed by atoms with Gasteiger partial charge in [-0.25, -0.2) is 43.1 Å². The molecule has 1 aromatic carbocycles. The van der Waals surface area contributed by atoms with Crippen molar-refractivity contribution >= 4 is 32.5 Å². The standard InChI is InChI=1S/C17H20N8O4.2C17H20N8O3.C13H10BrN5/c1-17(2,8-27)14-12-5-19-21-15(11-4-10(6-26)29-23-11)25(12)22-16(14)28-7-13-18-9-20-24(13)3;1-17(2,3)14-12-6-19-21-15(11-5-10(7-26)28-23-11)25(12)22-16(14)27-8-13-18-9-20-24(13)4;1-10-5-11(23-28-10)15-21-19-6-12-14(17(2,3)8-26)16(22-25(12)15)27-7-13-18-9-20-24(13)4;1-8-12-5-19-13(15-6-17-19)10-4-9(14)2-3-11(10)18(12)7-16-8/h4-5,9,26-27H,6-8H2,1-3H3;2*5-6,9,26H,7-8H2,1-4H3;2-4,6-7H,5H2,1H3. The molecule has 0 aliphatic carbocycles. The second kappa shape index (κ2) is 28.8. The quantitative estimate of drug-likeness (QED) is 0.0862. The van der Waals surface area contributed by atoms with E-state index >= 15 is 0 Å². The summed E-state index contributed by atoms with van der Waals surface area (Å²) >= 11 is 3.52. The van der Waals surface area contributed by atoms with Gasteiger partial charge in [0, 0.05) is 65.8 Å². The maximum Gasteiger partial charge on any atom is 0.238 e. The fourth-order valence-electron chi connectivity index (χ4n) is 11.2. The Labute approximate surface area is 597 Å². The highest BCUT2D eigenvalue weighted by molar-refractivity contribution is 9.10. The molecular weight excluding hydrogens is 1410 g/mol. The van der Waals surface area contributed by atoms with Gasteiger partial charge in [0.25, 0.3) is 0 Å². The van der Waals surface area contributed by atoms with Gasteiger partial charge in [0.1, 0.15) is 64.1 Å². The molecule has 0 radical (unpaired) electrons. The molecule has 104 heavy (non-hydrogen) atoms. The SMILES string of the molecule is Cc1cc(-c2nncc3c(C(C)(C)CO)c(OCc4ncnn4C)nn23)no1.Cc1ncn2c1Cn1ncnc1-c1cc(Br)ccc1-2.Cn1ncnc1COc1nn2c(-c3cc(CO)on3)nncc2c1C(C)(C)C.Cn1ncnc1COc1nn2c(-c3cc(CO)on3)nncc2c1C(C)(C)CO. The number of imidazole rings is 1. The van der Waals surface area contributed by atoms with Crippen LogP contribution in [0.25, 0.3) is 68.2 Å². The number of nitrogens with zero attached hydrogens (tertiary/aromatic N) is 29. The molecule has 0 fully saturated rings. The molecule has 1 aliphatic rings. The fourth-order valence-corrected chi connectivity index (χ4v) is 11.6. The summed E-state index contributed by atoms with van der Waals surface area (Å²) in [4.78, 5) is 21.3. The maximum absolute atomic E-state index is 9.96. The van der Waals surface area contributed by atoms with E-state index in [2.05, 4.69) is 160 Å². The van der Waals surface area contributed by atoms with Crippen molar-refractivity contribution in [2.75, 3.05) is 13.2 Å². The van der Waals surface area contributed by atoms with Crippen LogP contribution < -0.4 is 14.2 Å². The lowest BCUT2D eigenvalue weighted by molar-refractivity contribution is 0.209. The minimum absolute atomic E-state index is 0.102. The molecule has 14 aromatic heterocycles. The van der Waals surface area contributed by atoms with Crippen LogP contribution in [0.5, 0.6) is 17.6 Å². The fraction of sp³-hybridized carbons (Fsp3) is 0.359. The van der Waals surface area contributed by atoms with Gasteiger partial charge in [-0.3, -0.25) is 14.0 Å². The number of rotatable bonds is 18. The van der Waals surface area contributed by atoms with E-state index in [0.717, 1.165) is 44.0 Å². The van der Waals surface area contributed by atoms with E-state index in [9.17, 15) is 20.4 Å². The number of aryl methyl sites for hydroxylation is 5. The van der Waals surface area contributed by atoms with Crippen LogP contribution in [-0.4, -0.2) is 177 Å². The first-order valence-corrected chi connectivity index (χ1v) is 32.9. The number of aliphatic hydroxyl groups excluding tert-OH is 4. The van der Waals surface area contributed by atoms with Crippen molar-refractivity contribution in [2.24, 2.45) is 21.1 Å². The number of ether oxygens (including phenoxy) is 3. The molecule has 0 saturated carbocycles. The van der Waals surface area contributed by atoms with Crippen molar-refractivity contribution in [1.82, 2.24) is 144 Å². The first-order valence-electron chi connectivity index (χ1n) is 32.1. The molecule has 1 aliphatic heterocycles. The minimum atomic E-state index is -0.669. The first-order chi connectivity index (χ1) is 50.0. The summed E-state index contributed by atoms with van der Waals surface area (Å²) in [5, 5.41) is 105. The summed E-state index contributed by atoms with van der Waals surface area (Å²) in [5.41, 5.74) is 8.34. The molecule has 0 spiro atoms. The van der Waals surface area contributed by atoms with Crippen LogP contribution in [-0.2, 0) is 77.0 Å². The van der Waals surface area contributed by atoms with E-state index in [1.54, 1.807) is 94.3 Å². The normalized spacial score (nSPS) is 12.1. The van der Waals surface area contributed by atoms with Crippen molar-refractivity contribution in [3.63, 3.8) is 0 Å². The van der Waals surface area contributed by atoms with Crippen LogP contribution in [0, 0.1) is 13.8 Å². The number of halogens is 1. The lowest BCUT2D eigenvalue weighted by Gasteiger charge is -2.21. The average Bonchev–Trinajstić information content (AvgIpc) is 1.60. The second-order valence-electron chi connectivity index (χ2n) is 26.1. The Morgan fingerprint density at radius 3 is 1.35 bits per heavy atom. The van der Waals surface area contributed by atoms with Gasteiger partial charge in [0.15, 0.2) is 51.9 Å². The highest BCUT2D eigenvalue weighted by Crippen LogP contribution is 2.40. The molecule has 0 amide bonds. The Morgan fingerprint density at radius 2 is 0.942 bits per heavy atom. The molecule has 4 N–H and O–H groups in total. The van der Waals surface area contributed by atoms with Crippen molar-refractivity contribution in [3.05, 3.63) is 154 Å². The number of aliphatic hydroxyl groups is 4. The van der Waals surface area contributed by atoms with E-state index in [1.807, 2.05) is 51.7 Å². The van der Waals surface area contributed by atoms with E-state index in [-0.39, 0.29) is 51.7 Å². The minimum Gasteiger partial charge on any atom is -0.468 e. The molecular formula is C64H70BrN29O10. The third-order valence-corrected chi connectivity index (χ3v) is 17.3. The molecule has 0 atom stereocenters. The third-order valence-electron chi connectivity index (χ3n) is 16.8. The van der Waals surface area contributed by atoms with Crippen LogP contribution in [0.3, 0.4) is 0 Å². The van der Waals surface area contributed by atoms with E-state index in [0.29, 0.717) is 116 Å². The Kier molecular flexibility index (Phi) is 19.5. The predicted octanol–water partition coefficient (Wildman–Crippen LogP) is 5.15. The summed E-state index contributed by atoms with van der Waals surface area (Å²) in [6.07, 6.45) is 12.6.